The van der Waals surface area contributed by atoms with Crippen LogP contribution in [0.15, 0.2) is 48.5 Å². The van der Waals surface area contributed by atoms with Gasteiger partial charge in [0.1, 0.15) is 5.82 Å². The number of nitrogens with zero attached hydrogens (tertiary/aromatic N) is 1. The molecule has 1 aliphatic carbocycles. The summed E-state index contributed by atoms with van der Waals surface area (Å²) in [5.74, 6) is 1.29. The van der Waals surface area contributed by atoms with E-state index in [-0.39, 0.29) is 0 Å². The molecule has 0 amide bonds. The molecule has 1 saturated heterocycles. The molecule has 1 fully saturated rings. The van der Waals surface area contributed by atoms with E-state index in [4.69, 9.17) is 11.6 Å². The first-order valence-electron chi connectivity index (χ1n) is 11.1. The van der Waals surface area contributed by atoms with Crippen molar-refractivity contribution >= 4 is 39.5 Å². The third-order valence-electron chi connectivity index (χ3n) is 6.69. The summed E-state index contributed by atoms with van der Waals surface area (Å²) < 4.78 is 0. The highest BCUT2D eigenvalue weighted by Crippen LogP contribution is 2.49. The number of piperazine rings is 1. The molecule has 0 unspecified atom stereocenters. The quantitative estimate of drug-likeness (QED) is 0.518. The highest BCUT2D eigenvalue weighted by molar-refractivity contribution is 6.30. The zero-order valence-electron chi connectivity index (χ0n) is 17.9. The van der Waals surface area contributed by atoms with Gasteiger partial charge in [-0.25, -0.2) is 0 Å². The fraction of sp³-hybridized carbons (Fsp3) is 0.385. The second kappa shape index (κ2) is 7.79. The molecular formula is C26H30ClN3. The summed E-state index contributed by atoms with van der Waals surface area (Å²) in [5, 5.41) is 5.62. The first-order chi connectivity index (χ1) is 14.5. The predicted octanol–water partition coefficient (Wildman–Crippen LogP) is 6.35. The molecule has 2 aliphatic rings. The molecule has 1 aromatic heterocycles. The Morgan fingerprint density at radius 1 is 0.933 bits per heavy atom. The number of halogens is 1. The number of para-hydroxylation sites is 1. The fourth-order valence-corrected chi connectivity index (χ4v) is 5.18. The molecule has 5 rings (SSSR count). The zero-order valence-corrected chi connectivity index (χ0v) is 18.6. The van der Waals surface area contributed by atoms with E-state index in [2.05, 4.69) is 65.4 Å². The standard InChI is InChI=1S/C26H30ClN3/c1-26(2)12-11-20(22(17-26)18-7-9-19(27)10-8-18)24-21-5-3-4-6-23(21)29-25(24)30-15-13-28-14-16-30/h3-10,28-29H,11-17H2,1-2H3. The van der Waals surface area contributed by atoms with Gasteiger partial charge in [0.15, 0.2) is 0 Å². The Morgan fingerprint density at radius 2 is 1.67 bits per heavy atom. The molecule has 2 heterocycles. The maximum absolute atomic E-state index is 6.21. The summed E-state index contributed by atoms with van der Waals surface area (Å²) in [7, 11) is 0. The number of hydrogen-bond acceptors (Lipinski definition) is 2. The summed E-state index contributed by atoms with van der Waals surface area (Å²) in [5.41, 5.74) is 7.23. The van der Waals surface area contributed by atoms with E-state index >= 15 is 0 Å². The van der Waals surface area contributed by atoms with Crippen LogP contribution in [0.25, 0.3) is 22.0 Å². The van der Waals surface area contributed by atoms with Crippen LogP contribution < -0.4 is 10.2 Å². The summed E-state index contributed by atoms with van der Waals surface area (Å²) in [6.45, 7) is 8.93. The summed E-state index contributed by atoms with van der Waals surface area (Å²) in [6.07, 6.45) is 3.40. The predicted molar refractivity (Wildman–Crippen MR) is 129 cm³/mol. The Hall–Kier alpha value is -2.23. The van der Waals surface area contributed by atoms with Crippen LogP contribution in [0.5, 0.6) is 0 Å². The van der Waals surface area contributed by atoms with Crippen molar-refractivity contribution in [3.8, 4) is 0 Å². The van der Waals surface area contributed by atoms with Crippen molar-refractivity contribution in [1.29, 1.82) is 0 Å². The van der Waals surface area contributed by atoms with Crippen LogP contribution in [0, 0.1) is 5.41 Å². The number of allylic oxidation sites excluding steroid dienone is 2. The van der Waals surface area contributed by atoms with Crippen LogP contribution in [0.4, 0.5) is 5.82 Å². The molecule has 3 aromatic rings. The molecule has 30 heavy (non-hydrogen) atoms. The highest BCUT2D eigenvalue weighted by Gasteiger charge is 2.31. The fourth-order valence-electron chi connectivity index (χ4n) is 5.05. The Morgan fingerprint density at radius 3 is 2.43 bits per heavy atom. The van der Waals surface area contributed by atoms with Gasteiger partial charge in [-0.1, -0.05) is 55.8 Å². The molecule has 3 nitrogen and oxygen atoms in total. The molecule has 0 atom stereocenters. The molecule has 0 radical (unpaired) electrons. The SMILES string of the molecule is CC1(C)CCC(c2c(N3CCNCC3)[nH]c3ccccc23)=C(c2ccc(Cl)cc2)C1. The lowest BCUT2D eigenvalue weighted by Gasteiger charge is -2.35. The molecule has 1 aliphatic heterocycles. The van der Waals surface area contributed by atoms with Crippen molar-refractivity contribution in [1.82, 2.24) is 10.3 Å². The smallest absolute Gasteiger partial charge is 0.114 e. The van der Waals surface area contributed by atoms with Crippen molar-refractivity contribution in [2.75, 3.05) is 31.1 Å². The van der Waals surface area contributed by atoms with Gasteiger partial charge >= 0.3 is 0 Å². The maximum Gasteiger partial charge on any atom is 0.114 e. The topological polar surface area (TPSA) is 31.1 Å². The molecule has 0 bridgehead atoms. The average molecular weight is 420 g/mol. The monoisotopic (exact) mass is 419 g/mol. The highest BCUT2D eigenvalue weighted by atomic mass is 35.5. The summed E-state index contributed by atoms with van der Waals surface area (Å²) in [6, 6.07) is 17.2. The molecule has 2 aromatic carbocycles. The van der Waals surface area contributed by atoms with Gasteiger partial charge in [0, 0.05) is 47.7 Å². The van der Waals surface area contributed by atoms with Gasteiger partial charge in [0.2, 0.25) is 0 Å². The van der Waals surface area contributed by atoms with E-state index in [1.807, 2.05) is 12.1 Å². The van der Waals surface area contributed by atoms with Crippen molar-refractivity contribution in [2.24, 2.45) is 5.41 Å². The van der Waals surface area contributed by atoms with E-state index in [1.165, 1.54) is 45.4 Å². The van der Waals surface area contributed by atoms with Crippen LogP contribution in [0.1, 0.15) is 44.2 Å². The van der Waals surface area contributed by atoms with Crippen molar-refractivity contribution in [2.45, 2.75) is 33.1 Å². The van der Waals surface area contributed by atoms with Crippen molar-refractivity contribution in [3.05, 3.63) is 64.7 Å². The minimum Gasteiger partial charge on any atom is -0.355 e. The molecule has 2 N–H and O–H groups in total. The van der Waals surface area contributed by atoms with Gasteiger partial charge in [-0.15, -0.1) is 0 Å². The van der Waals surface area contributed by atoms with E-state index in [0.29, 0.717) is 5.41 Å². The Labute approximate surface area is 184 Å². The average Bonchev–Trinajstić information content (AvgIpc) is 3.14. The second-order valence-electron chi connectivity index (χ2n) is 9.44. The van der Waals surface area contributed by atoms with Crippen LogP contribution >= 0.6 is 11.6 Å². The van der Waals surface area contributed by atoms with Crippen LogP contribution in [-0.4, -0.2) is 31.2 Å². The van der Waals surface area contributed by atoms with Gasteiger partial charge in [-0.3, -0.25) is 0 Å². The van der Waals surface area contributed by atoms with Crippen molar-refractivity contribution in [3.63, 3.8) is 0 Å². The van der Waals surface area contributed by atoms with E-state index < -0.39 is 0 Å². The number of anilines is 1. The number of fused-ring (bicyclic) bond motifs is 1. The van der Waals surface area contributed by atoms with E-state index in [9.17, 15) is 0 Å². The number of aromatic amines is 1. The number of aromatic nitrogens is 1. The summed E-state index contributed by atoms with van der Waals surface area (Å²) in [4.78, 5) is 6.30. The maximum atomic E-state index is 6.21. The van der Waals surface area contributed by atoms with Gasteiger partial charge in [-0.05, 0) is 59.6 Å². The Bertz CT molecular complexity index is 1090. The lowest BCUT2D eigenvalue weighted by atomic mass is 9.71. The molecule has 0 spiro atoms. The number of benzene rings is 2. The minimum absolute atomic E-state index is 0.305. The molecular weight excluding hydrogens is 390 g/mol. The lowest BCUT2D eigenvalue weighted by Crippen LogP contribution is -2.44. The zero-order chi connectivity index (χ0) is 20.7. The first kappa shape index (κ1) is 19.7. The van der Waals surface area contributed by atoms with Gasteiger partial charge in [-0.2, -0.15) is 0 Å². The Balaban J connectivity index is 1.74. The third kappa shape index (κ3) is 3.66. The summed E-state index contributed by atoms with van der Waals surface area (Å²) >= 11 is 6.21. The van der Waals surface area contributed by atoms with Crippen molar-refractivity contribution < 1.29 is 0 Å². The van der Waals surface area contributed by atoms with Gasteiger partial charge in [0.05, 0.1) is 0 Å². The molecule has 0 saturated carbocycles. The molecule has 156 valence electrons. The number of H-pyrrole nitrogens is 1. The van der Waals surface area contributed by atoms with Crippen LogP contribution in [-0.2, 0) is 0 Å². The third-order valence-corrected chi connectivity index (χ3v) is 6.94. The van der Waals surface area contributed by atoms with E-state index in [1.54, 1.807) is 0 Å². The normalized spacial score (nSPS) is 19.5. The van der Waals surface area contributed by atoms with Gasteiger partial charge in [0.25, 0.3) is 0 Å². The van der Waals surface area contributed by atoms with Crippen LogP contribution in [0.2, 0.25) is 5.02 Å². The van der Waals surface area contributed by atoms with E-state index in [0.717, 1.165) is 44.0 Å². The van der Waals surface area contributed by atoms with Crippen LogP contribution in [0.3, 0.4) is 0 Å². The lowest BCUT2D eigenvalue weighted by molar-refractivity contribution is 0.341. The first-order valence-corrected chi connectivity index (χ1v) is 11.4. The number of nitrogens with one attached hydrogen (secondary N) is 2. The second-order valence-corrected chi connectivity index (χ2v) is 9.87. The molecule has 4 heteroatoms. The Kier molecular flexibility index (Phi) is 5.12. The largest absolute Gasteiger partial charge is 0.355 e. The van der Waals surface area contributed by atoms with Gasteiger partial charge < -0.3 is 15.2 Å². The number of hydrogen-bond donors (Lipinski definition) is 2. The number of rotatable bonds is 3. The minimum atomic E-state index is 0.305.